The van der Waals surface area contributed by atoms with Crippen LogP contribution in [0.25, 0.3) is 11.0 Å². The highest BCUT2D eigenvalue weighted by molar-refractivity contribution is 6.11. The molecule has 1 aliphatic heterocycles. The maximum Gasteiger partial charge on any atom is 0.291 e. The Morgan fingerprint density at radius 2 is 1.80 bits per heavy atom. The zero-order chi connectivity index (χ0) is 24.6. The van der Waals surface area contributed by atoms with Gasteiger partial charge in [-0.2, -0.15) is 0 Å². The van der Waals surface area contributed by atoms with Gasteiger partial charge in [-0.1, -0.05) is 42.5 Å². The lowest BCUT2D eigenvalue weighted by Crippen LogP contribution is -2.46. The molecule has 35 heavy (non-hydrogen) atoms. The number of fused-ring (bicyclic) bond motifs is 1. The summed E-state index contributed by atoms with van der Waals surface area (Å²) in [7, 11) is 2.15. The number of nitrogens with zero attached hydrogens (tertiary/aromatic N) is 2. The Hall–Kier alpha value is -3.16. The van der Waals surface area contributed by atoms with Crippen molar-refractivity contribution < 1.29 is 18.7 Å². The molecule has 1 N–H and O–H groups in total. The van der Waals surface area contributed by atoms with Gasteiger partial charge in [-0.3, -0.25) is 9.59 Å². The van der Waals surface area contributed by atoms with Crippen molar-refractivity contribution in [2.24, 2.45) is 0 Å². The minimum absolute atomic E-state index is 0.173. The van der Waals surface area contributed by atoms with E-state index in [1.54, 1.807) is 0 Å². The second kappa shape index (κ2) is 12.0. The fourth-order valence-electron chi connectivity index (χ4n) is 4.68. The van der Waals surface area contributed by atoms with Crippen LogP contribution >= 0.6 is 0 Å². The number of likely N-dealkylation sites (tertiary alicyclic amines) is 1. The average molecular weight is 478 g/mol. The molecule has 3 aromatic rings. The number of para-hydroxylation sites is 1. The van der Waals surface area contributed by atoms with E-state index in [0.29, 0.717) is 30.4 Å². The molecule has 0 radical (unpaired) electrons. The van der Waals surface area contributed by atoms with Crippen LogP contribution in [0.15, 0.2) is 59.0 Å². The summed E-state index contributed by atoms with van der Waals surface area (Å²) in [6.45, 7) is 5.85. The highest BCUT2D eigenvalue weighted by atomic mass is 16.5. The summed E-state index contributed by atoms with van der Waals surface area (Å²) in [5.41, 5.74) is 1.97. The summed E-state index contributed by atoms with van der Waals surface area (Å²) in [5.74, 6) is -0.144. The normalized spacial score (nSPS) is 14.5. The van der Waals surface area contributed by atoms with Crippen molar-refractivity contribution in [3.63, 3.8) is 0 Å². The topological polar surface area (TPSA) is 75.0 Å². The number of furan rings is 1. The molecule has 1 aliphatic rings. The number of carbonyl (C=O) groups is 2. The molecule has 0 aliphatic carbocycles. The summed E-state index contributed by atoms with van der Waals surface area (Å²) in [6.07, 6.45) is 3.06. The summed E-state index contributed by atoms with van der Waals surface area (Å²) >= 11 is 0. The molecular formula is C28H35N3O4. The molecule has 2 aromatic carbocycles. The van der Waals surface area contributed by atoms with Gasteiger partial charge in [0, 0.05) is 44.3 Å². The molecule has 0 atom stereocenters. The Morgan fingerprint density at radius 1 is 1.09 bits per heavy atom. The van der Waals surface area contributed by atoms with Gasteiger partial charge >= 0.3 is 0 Å². The minimum Gasteiger partial charge on any atom is -0.449 e. The molecule has 2 amide bonds. The van der Waals surface area contributed by atoms with E-state index in [1.165, 1.54) is 0 Å². The van der Waals surface area contributed by atoms with Gasteiger partial charge in [-0.15, -0.1) is 0 Å². The van der Waals surface area contributed by atoms with E-state index in [9.17, 15) is 9.59 Å². The van der Waals surface area contributed by atoms with Crippen molar-refractivity contribution in [1.29, 1.82) is 0 Å². The Kier molecular flexibility index (Phi) is 8.55. The molecule has 186 valence electrons. The quantitative estimate of drug-likeness (QED) is 0.433. The summed E-state index contributed by atoms with van der Waals surface area (Å²) in [5, 5.41) is 3.70. The van der Waals surface area contributed by atoms with Crippen molar-refractivity contribution >= 4 is 28.5 Å². The Bertz CT molecular complexity index is 1120. The Morgan fingerprint density at radius 3 is 2.54 bits per heavy atom. The van der Waals surface area contributed by atoms with Gasteiger partial charge < -0.3 is 24.3 Å². The van der Waals surface area contributed by atoms with Crippen LogP contribution in [-0.4, -0.2) is 67.6 Å². The summed E-state index contributed by atoms with van der Waals surface area (Å²) in [4.78, 5) is 30.5. The maximum atomic E-state index is 13.5. The number of ether oxygens (including phenoxy) is 1. The van der Waals surface area contributed by atoms with E-state index < -0.39 is 0 Å². The van der Waals surface area contributed by atoms with Crippen molar-refractivity contribution in [3.05, 3.63) is 65.9 Å². The van der Waals surface area contributed by atoms with E-state index in [4.69, 9.17) is 9.15 Å². The monoisotopic (exact) mass is 477 g/mol. The highest BCUT2D eigenvalue weighted by Gasteiger charge is 2.30. The van der Waals surface area contributed by atoms with E-state index in [0.717, 1.165) is 50.0 Å². The van der Waals surface area contributed by atoms with Gasteiger partial charge in [0.05, 0.1) is 6.42 Å². The highest BCUT2D eigenvalue weighted by Crippen LogP contribution is 2.32. The first-order valence-electron chi connectivity index (χ1n) is 12.5. The number of rotatable bonds is 10. The predicted octanol–water partition coefficient (Wildman–Crippen LogP) is 4.58. The lowest BCUT2D eigenvalue weighted by molar-refractivity contribution is -0.115. The zero-order valence-electron chi connectivity index (χ0n) is 20.7. The molecule has 7 heteroatoms. The van der Waals surface area contributed by atoms with Gasteiger partial charge in [0.2, 0.25) is 11.7 Å². The van der Waals surface area contributed by atoms with Gasteiger partial charge in [-0.05, 0) is 50.9 Å². The standard InChI is InChI=1S/C28H35N3O4/c1-3-34-19-9-16-30(2)22-14-17-31(18-15-22)28(33)27-26(23-12-7-8-13-24(23)35-27)29-25(32)20-21-10-5-4-6-11-21/h4-8,10-13,22H,3,9,14-20H2,1-2H3,(H,29,32). The van der Waals surface area contributed by atoms with Gasteiger partial charge in [0.15, 0.2) is 0 Å². The number of benzene rings is 2. The number of hydrogen-bond acceptors (Lipinski definition) is 5. The number of anilines is 1. The molecule has 0 spiro atoms. The fraction of sp³-hybridized carbons (Fsp3) is 0.429. The molecular weight excluding hydrogens is 442 g/mol. The minimum atomic E-state index is -0.177. The van der Waals surface area contributed by atoms with Gasteiger partial charge in [0.25, 0.3) is 5.91 Å². The van der Waals surface area contributed by atoms with Crippen LogP contribution in [0.5, 0.6) is 0 Å². The van der Waals surface area contributed by atoms with Crippen LogP contribution in [0.3, 0.4) is 0 Å². The van der Waals surface area contributed by atoms with Crippen molar-refractivity contribution in [3.8, 4) is 0 Å². The summed E-state index contributed by atoms with van der Waals surface area (Å²) in [6, 6.07) is 17.4. The molecule has 1 aromatic heterocycles. The largest absolute Gasteiger partial charge is 0.449 e. The molecule has 0 saturated carbocycles. The smallest absolute Gasteiger partial charge is 0.291 e. The van der Waals surface area contributed by atoms with Crippen LogP contribution in [0.2, 0.25) is 0 Å². The molecule has 2 heterocycles. The molecule has 1 fully saturated rings. The SMILES string of the molecule is CCOCCCN(C)C1CCN(C(=O)c2oc3ccccc3c2NC(=O)Cc2ccccc2)CC1. The second-order valence-electron chi connectivity index (χ2n) is 9.07. The Labute approximate surface area is 207 Å². The predicted molar refractivity (Wildman–Crippen MR) is 138 cm³/mol. The molecule has 4 rings (SSSR count). The van der Waals surface area contributed by atoms with E-state index in [-0.39, 0.29) is 24.0 Å². The van der Waals surface area contributed by atoms with E-state index >= 15 is 0 Å². The van der Waals surface area contributed by atoms with Crippen LogP contribution in [0, 0.1) is 0 Å². The molecule has 0 unspecified atom stereocenters. The van der Waals surface area contributed by atoms with Crippen molar-refractivity contribution in [2.45, 2.75) is 38.6 Å². The average Bonchev–Trinajstić information content (AvgIpc) is 3.25. The number of amides is 2. The van der Waals surface area contributed by atoms with Crippen molar-refractivity contribution in [1.82, 2.24) is 9.80 Å². The summed E-state index contributed by atoms with van der Waals surface area (Å²) < 4.78 is 11.4. The zero-order valence-corrected chi connectivity index (χ0v) is 20.7. The first-order valence-corrected chi connectivity index (χ1v) is 12.5. The van der Waals surface area contributed by atoms with Gasteiger partial charge in [0.1, 0.15) is 11.3 Å². The lowest BCUT2D eigenvalue weighted by atomic mass is 10.0. The number of hydrogen-bond donors (Lipinski definition) is 1. The van der Waals surface area contributed by atoms with E-state index in [2.05, 4.69) is 17.3 Å². The lowest BCUT2D eigenvalue weighted by Gasteiger charge is -2.36. The Balaban J connectivity index is 1.43. The van der Waals surface area contributed by atoms with Gasteiger partial charge in [-0.25, -0.2) is 0 Å². The number of carbonyl (C=O) groups excluding carboxylic acids is 2. The van der Waals surface area contributed by atoms with Crippen LogP contribution in [0.4, 0.5) is 5.69 Å². The molecule has 7 nitrogen and oxygen atoms in total. The first-order chi connectivity index (χ1) is 17.1. The first kappa shape index (κ1) is 24.9. The number of nitrogens with one attached hydrogen (secondary N) is 1. The van der Waals surface area contributed by atoms with Crippen molar-refractivity contribution in [2.75, 3.05) is 45.2 Å². The van der Waals surface area contributed by atoms with Crippen LogP contribution in [0.1, 0.15) is 42.3 Å². The second-order valence-corrected chi connectivity index (χ2v) is 9.07. The van der Waals surface area contributed by atoms with E-state index in [1.807, 2.05) is 66.4 Å². The van der Waals surface area contributed by atoms with Crippen LogP contribution < -0.4 is 5.32 Å². The third kappa shape index (κ3) is 6.29. The third-order valence-electron chi connectivity index (χ3n) is 6.64. The molecule has 1 saturated heterocycles. The molecule has 0 bridgehead atoms. The number of piperidine rings is 1. The third-order valence-corrected chi connectivity index (χ3v) is 6.64. The fourth-order valence-corrected chi connectivity index (χ4v) is 4.68. The maximum absolute atomic E-state index is 13.5. The van der Waals surface area contributed by atoms with Crippen LogP contribution in [-0.2, 0) is 16.0 Å².